The van der Waals surface area contributed by atoms with E-state index < -0.39 is 6.10 Å². The molecule has 2 aromatic carbocycles. The highest BCUT2D eigenvalue weighted by Gasteiger charge is 2.17. The standard InChI is InChI=1S/C20H20BrN3O2/c1-13-12-14(2)24(23-13)19-7-5-4-6-18(19)22-20(25)15(3)26-17-10-8-16(21)9-11-17/h4-12,15H,1-3H3,(H,22,25)/t15-/m1/s1. The van der Waals surface area contributed by atoms with Gasteiger partial charge in [-0.1, -0.05) is 28.1 Å². The summed E-state index contributed by atoms with van der Waals surface area (Å²) in [6.07, 6.45) is -0.635. The molecule has 5 nitrogen and oxygen atoms in total. The molecule has 0 radical (unpaired) electrons. The zero-order chi connectivity index (χ0) is 18.7. The van der Waals surface area contributed by atoms with Crippen molar-refractivity contribution in [3.8, 4) is 11.4 Å². The van der Waals surface area contributed by atoms with E-state index in [9.17, 15) is 4.79 Å². The van der Waals surface area contributed by atoms with Crippen LogP contribution >= 0.6 is 15.9 Å². The summed E-state index contributed by atoms with van der Waals surface area (Å²) in [4.78, 5) is 12.6. The fourth-order valence-electron chi connectivity index (χ4n) is 2.64. The molecule has 0 aliphatic carbocycles. The zero-order valence-electron chi connectivity index (χ0n) is 14.9. The molecule has 0 spiro atoms. The lowest BCUT2D eigenvalue weighted by Gasteiger charge is -2.17. The van der Waals surface area contributed by atoms with E-state index in [-0.39, 0.29) is 5.91 Å². The maximum Gasteiger partial charge on any atom is 0.265 e. The van der Waals surface area contributed by atoms with Crippen LogP contribution in [0.1, 0.15) is 18.3 Å². The lowest BCUT2D eigenvalue weighted by molar-refractivity contribution is -0.122. The third-order valence-corrected chi connectivity index (χ3v) is 4.42. The highest BCUT2D eigenvalue weighted by atomic mass is 79.9. The van der Waals surface area contributed by atoms with Gasteiger partial charge in [-0.2, -0.15) is 5.10 Å². The second-order valence-electron chi connectivity index (χ2n) is 6.06. The lowest BCUT2D eigenvalue weighted by atomic mass is 10.2. The quantitative estimate of drug-likeness (QED) is 0.661. The van der Waals surface area contributed by atoms with E-state index in [0.717, 1.165) is 21.5 Å². The van der Waals surface area contributed by atoms with Crippen LogP contribution in [0.25, 0.3) is 5.69 Å². The molecule has 1 N–H and O–H groups in total. The monoisotopic (exact) mass is 413 g/mol. The van der Waals surface area contributed by atoms with E-state index in [0.29, 0.717) is 11.4 Å². The van der Waals surface area contributed by atoms with Crippen LogP contribution in [0.15, 0.2) is 59.1 Å². The second kappa shape index (κ2) is 7.74. The number of para-hydroxylation sites is 2. The van der Waals surface area contributed by atoms with Gasteiger partial charge in [-0.25, -0.2) is 4.68 Å². The number of carbonyl (C=O) groups is 1. The van der Waals surface area contributed by atoms with Crippen LogP contribution in [0.3, 0.4) is 0 Å². The Morgan fingerprint density at radius 2 is 1.85 bits per heavy atom. The number of hydrogen-bond donors (Lipinski definition) is 1. The first-order valence-corrected chi connectivity index (χ1v) is 9.09. The Hall–Kier alpha value is -2.60. The summed E-state index contributed by atoms with van der Waals surface area (Å²) in [5.74, 6) is 0.421. The molecule has 0 fully saturated rings. The minimum Gasteiger partial charge on any atom is -0.481 e. The summed E-state index contributed by atoms with van der Waals surface area (Å²) in [5.41, 5.74) is 3.44. The number of hydrogen-bond acceptors (Lipinski definition) is 3. The number of aromatic nitrogens is 2. The number of amides is 1. The van der Waals surface area contributed by atoms with Crippen LogP contribution in [0, 0.1) is 13.8 Å². The Morgan fingerprint density at radius 3 is 2.50 bits per heavy atom. The predicted molar refractivity (Wildman–Crippen MR) is 106 cm³/mol. The molecule has 0 aliphatic rings. The van der Waals surface area contributed by atoms with Crippen molar-refractivity contribution >= 4 is 27.5 Å². The summed E-state index contributed by atoms with van der Waals surface area (Å²) in [7, 11) is 0. The van der Waals surface area contributed by atoms with Crippen molar-refractivity contribution in [3.05, 3.63) is 70.5 Å². The third kappa shape index (κ3) is 4.14. The molecular weight excluding hydrogens is 394 g/mol. The summed E-state index contributed by atoms with van der Waals surface area (Å²) in [5, 5.41) is 7.44. The first-order valence-electron chi connectivity index (χ1n) is 8.30. The maximum atomic E-state index is 12.6. The third-order valence-electron chi connectivity index (χ3n) is 3.90. The molecule has 0 aliphatic heterocycles. The van der Waals surface area contributed by atoms with Gasteiger partial charge in [0.15, 0.2) is 6.10 Å². The molecule has 0 bridgehead atoms. The Morgan fingerprint density at radius 1 is 1.15 bits per heavy atom. The molecule has 134 valence electrons. The summed E-state index contributed by atoms with van der Waals surface area (Å²) < 4.78 is 8.51. The molecule has 1 atom stereocenters. The summed E-state index contributed by atoms with van der Waals surface area (Å²) >= 11 is 3.38. The molecule has 3 aromatic rings. The van der Waals surface area contributed by atoms with Gasteiger partial charge >= 0.3 is 0 Å². The number of nitrogens with zero attached hydrogens (tertiary/aromatic N) is 2. The molecule has 26 heavy (non-hydrogen) atoms. The SMILES string of the molecule is Cc1cc(C)n(-c2ccccc2NC(=O)[C@@H](C)Oc2ccc(Br)cc2)n1. The number of anilines is 1. The minimum atomic E-state index is -0.635. The molecular formula is C20H20BrN3O2. The van der Waals surface area contributed by atoms with Gasteiger partial charge in [0.2, 0.25) is 0 Å². The van der Waals surface area contributed by atoms with Crippen molar-refractivity contribution in [1.82, 2.24) is 9.78 Å². The van der Waals surface area contributed by atoms with Crippen LogP contribution < -0.4 is 10.1 Å². The highest BCUT2D eigenvalue weighted by molar-refractivity contribution is 9.10. The fourth-order valence-corrected chi connectivity index (χ4v) is 2.91. The molecule has 1 aromatic heterocycles. The van der Waals surface area contributed by atoms with Crippen molar-refractivity contribution in [2.24, 2.45) is 0 Å². The van der Waals surface area contributed by atoms with Gasteiger partial charge in [0.1, 0.15) is 5.75 Å². The van der Waals surface area contributed by atoms with Gasteiger partial charge in [-0.3, -0.25) is 4.79 Å². The maximum absolute atomic E-state index is 12.6. The number of halogens is 1. The first kappa shape index (κ1) is 18.2. The van der Waals surface area contributed by atoms with E-state index in [1.54, 1.807) is 6.92 Å². The smallest absolute Gasteiger partial charge is 0.265 e. The first-order chi connectivity index (χ1) is 12.4. The zero-order valence-corrected chi connectivity index (χ0v) is 16.4. The van der Waals surface area contributed by atoms with Gasteiger partial charge in [-0.15, -0.1) is 0 Å². The van der Waals surface area contributed by atoms with Gasteiger partial charge in [0, 0.05) is 10.2 Å². The van der Waals surface area contributed by atoms with Crippen LogP contribution in [0.5, 0.6) is 5.75 Å². The van der Waals surface area contributed by atoms with E-state index in [2.05, 4.69) is 26.3 Å². The Kier molecular flexibility index (Phi) is 5.42. The number of carbonyl (C=O) groups excluding carboxylic acids is 1. The Bertz CT molecular complexity index is 919. The van der Waals surface area contributed by atoms with Crippen molar-refractivity contribution in [1.29, 1.82) is 0 Å². The highest BCUT2D eigenvalue weighted by Crippen LogP contribution is 2.22. The number of ether oxygens (including phenoxy) is 1. The van der Waals surface area contributed by atoms with Gasteiger partial charge in [0.25, 0.3) is 5.91 Å². The van der Waals surface area contributed by atoms with Crippen molar-refractivity contribution in [2.45, 2.75) is 26.9 Å². The van der Waals surface area contributed by atoms with E-state index >= 15 is 0 Å². The predicted octanol–water partition coefficient (Wildman–Crippen LogP) is 4.66. The average Bonchev–Trinajstić information content (AvgIpc) is 2.95. The Labute approximate surface area is 161 Å². The van der Waals surface area contributed by atoms with E-state index in [1.807, 2.05) is 73.1 Å². The fraction of sp³-hybridized carbons (Fsp3) is 0.200. The van der Waals surface area contributed by atoms with Crippen molar-refractivity contribution in [3.63, 3.8) is 0 Å². The number of aryl methyl sites for hydroxylation is 2. The van der Waals surface area contributed by atoms with Crippen molar-refractivity contribution < 1.29 is 9.53 Å². The van der Waals surface area contributed by atoms with Crippen LogP contribution in [-0.4, -0.2) is 21.8 Å². The average molecular weight is 414 g/mol. The molecule has 0 saturated carbocycles. The lowest BCUT2D eigenvalue weighted by Crippen LogP contribution is -2.30. The molecule has 1 heterocycles. The molecule has 3 rings (SSSR count). The summed E-state index contributed by atoms with van der Waals surface area (Å²) in [6.45, 7) is 5.65. The van der Waals surface area contributed by atoms with Crippen LogP contribution in [0.4, 0.5) is 5.69 Å². The van der Waals surface area contributed by atoms with E-state index in [1.165, 1.54) is 0 Å². The Balaban J connectivity index is 1.77. The molecule has 6 heteroatoms. The molecule has 0 saturated heterocycles. The molecule has 1 amide bonds. The normalized spacial score (nSPS) is 11.8. The second-order valence-corrected chi connectivity index (χ2v) is 6.97. The topological polar surface area (TPSA) is 56.2 Å². The summed E-state index contributed by atoms with van der Waals surface area (Å²) in [6, 6.07) is 17.0. The number of benzene rings is 2. The van der Waals surface area contributed by atoms with Crippen LogP contribution in [0.2, 0.25) is 0 Å². The van der Waals surface area contributed by atoms with Gasteiger partial charge < -0.3 is 10.1 Å². The van der Waals surface area contributed by atoms with Crippen LogP contribution in [-0.2, 0) is 4.79 Å². The minimum absolute atomic E-state index is 0.220. The van der Waals surface area contributed by atoms with E-state index in [4.69, 9.17) is 4.74 Å². The largest absolute Gasteiger partial charge is 0.481 e. The number of rotatable bonds is 5. The van der Waals surface area contributed by atoms with Crippen molar-refractivity contribution in [2.75, 3.05) is 5.32 Å². The van der Waals surface area contributed by atoms with Gasteiger partial charge in [-0.05, 0) is 63.2 Å². The number of nitrogens with one attached hydrogen (secondary N) is 1. The molecule has 0 unspecified atom stereocenters. The van der Waals surface area contributed by atoms with Gasteiger partial charge in [0.05, 0.1) is 17.1 Å².